The second-order valence-corrected chi connectivity index (χ2v) is 4.06. The van der Waals surface area contributed by atoms with Crippen LogP contribution in [0.1, 0.15) is 12.5 Å². The molecule has 0 aromatic heterocycles. The number of carboxylic acid groups (broad SMARTS) is 1. The average molecular weight is 257 g/mol. The van der Waals surface area contributed by atoms with E-state index in [1.165, 1.54) is 6.92 Å². The number of benzene rings is 1. The van der Waals surface area contributed by atoms with Crippen molar-refractivity contribution in [2.24, 2.45) is 0 Å². The number of aliphatic carboxylic acids is 1. The number of anilines is 1. The number of carboxylic acids is 1. The fourth-order valence-electron chi connectivity index (χ4n) is 1.38. The maximum absolute atomic E-state index is 10.9. The van der Waals surface area contributed by atoms with Crippen molar-refractivity contribution >= 4 is 29.2 Å². The standard InChI is InChI=1S/C11H13ClN2O3/c1-6(15)14-10(11(16)17)5-7-2-3-9(13)8(12)4-7/h2-4,10H,5,13H2,1H3,(H,14,15)(H,16,17). The Hall–Kier alpha value is -1.75. The summed E-state index contributed by atoms with van der Waals surface area (Å²) in [7, 11) is 0. The summed E-state index contributed by atoms with van der Waals surface area (Å²) in [5.41, 5.74) is 6.67. The van der Waals surface area contributed by atoms with Gasteiger partial charge in [-0.2, -0.15) is 0 Å². The molecule has 92 valence electrons. The lowest BCUT2D eigenvalue weighted by molar-refractivity contribution is -0.141. The van der Waals surface area contributed by atoms with Gasteiger partial charge in [-0.1, -0.05) is 17.7 Å². The van der Waals surface area contributed by atoms with Crippen LogP contribution in [0, 0.1) is 0 Å². The Bertz CT molecular complexity index is 448. The first kappa shape index (κ1) is 13.3. The van der Waals surface area contributed by atoms with E-state index in [-0.39, 0.29) is 12.3 Å². The predicted molar refractivity (Wildman–Crippen MR) is 64.8 cm³/mol. The molecule has 0 aliphatic carbocycles. The smallest absolute Gasteiger partial charge is 0.326 e. The second-order valence-electron chi connectivity index (χ2n) is 3.65. The lowest BCUT2D eigenvalue weighted by atomic mass is 10.1. The minimum Gasteiger partial charge on any atom is -0.480 e. The minimum absolute atomic E-state index is 0.162. The van der Waals surface area contributed by atoms with Gasteiger partial charge in [0.05, 0.1) is 10.7 Å². The first-order valence-corrected chi connectivity index (χ1v) is 5.31. The Labute approximate surface area is 104 Å². The highest BCUT2D eigenvalue weighted by atomic mass is 35.5. The van der Waals surface area contributed by atoms with Gasteiger partial charge in [0.25, 0.3) is 0 Å². The van der Waals surface area contributed by atoms with Crippen LogP contribution in [0.3, 0.4) is 0 Å². The molecule has 0 saturated heterocycles. The summed E-state index contributed by atoms with van der Waals surface area (Å²) in [6, 6.07) is 3.91. The molecule has 0 aliphatic rings. The van der Waals surface area contributed by atoms with Crippen LogP contribution in [0.25, 0.3) is 0 Å². The molecule has 6 heteroatoms. The SMILES string of the molecule is CC(=O)NC(Cc1ccc(N)c(Cl)c1)C(=O)O. The Kier molecular flexibility index (Phi) is 4.34. The van der Waals surface area contributed by atoms with Crippen LogP contribution in [0.15, 0.2) is 18.2 Å². The summed E-state index contributed by atoms with van der Waals surface area (Å²) in [5, 5.41) is 11.7. The zero-order chi connectivity index (χ0) is 13.0. The second kappa shape index (κ2) is 5.54. The molecular formula is C11H13ClN2O3. The van der Waals surface area contributed by atoms with E-state index in [0.29, 0.717) is 16.3 Å². The number of hydrogen-bond donors (Lipinski definition) is 3. The lowest BCUT2D eigenvalue weighted by Gasteiger charge is -2.13. The molecule has 0 bridgehead atoms. The van der Waals surface area contributed by atoms with Gasteiger partial charge in [0.15, 0.2) is 0 Å². The van der Waals surface area contributed by atoms with Gasteiger partial charge in [-0.25, -0.2) is 4.79 Å². The number of carbonyl (C=O) groups is 2. The normalized spacial score (nSPS) is 11.9. The molecule has 1 amide bonds. The monoisotopic (exact) mass is 256 g/mol. The summed E-state index contributed by atoms with van der Waals surface area (Å²) in [4.78, 5) is 21.8. The molecule has 4 N–H and O–H groups in total. The van der Waals surface area contributed by atoms with Crippen molar-refractivity contribution in [1.82, 2.24) is 5.32 Å². The van der Waals surface area contributed by atoms with Gasteiger partial charge in [-0.05, 0) is 17.7 Å². The number of amides is 1. The van der Waals surface area contributed by atoms with E-state index in [1.54, 1.807) is 18.2 Å². The van der Waals surface area contributed by atoms with Gasteiger partial charge in [0, 0.05) is 13.3 Å². The van der Waals surface area contributed by atoms with Crippen molar-refractivity contribution in [3.8, 4) is 0 Å². The van der Waals surface area contributed by atoms with Gasteiger partial charge >= 0.3 is 5.97 Å². The predicted octanol–water partition coefficient (Wildman–Crippen LogP) is 1.05. The minimum atomic E-state index is -1.09. The first-order valence-electron chi connectivity index (χ1n) is 4.94. The van der Waals surface area contributed by atoms with Crippen molar-refractivity contribution in [3.05, 3.63) is 28.8 Å². The Morgan fingerprint density at radius 3 is 2.65 bits per heavy atom. The highest BCUT2D eigenvalue weighted by Crippen LogP contribution is 2.20. The topological polar surface area (TPSA) is 92.4 Å². The van der Waals surface area contributed by atoms with Crippen molar-refractivity contribution < 1.29 is 14.7 Å². The number of carbonyl (C=O) groups excluding carboxylic acids is 1. The van der Waals surface area contributed by atoms with E-state index in [4.69, 9.17) is 22.4 Å². The molecule has 5 nitrogen and oxygen atoms in total. The van der Waals surface area contributed by atoms with Gasteiger partial charge in [-0.15, -0.1) is 0 Å². The molecule has 1 aromatic carbocycles. The summed E-state index contributed by atoms with van der Waals surface area (Å²) in [5.74, 6) is -1.48. The van der Waals surface area contributed by atoms with E-state index < -0.39 is 12.0 Å². The zero-order valence-corrected chi connectivity index (χ0v) is 9.99. The number of rotatable bonds is 4. The molecule has 0 spiro atoms. The molecule has 0 aliphatic heterocycles. The van der Waals surface area contributed by atoms with Gasteiger partial charge in [0.1, 0.15) is 6.04 Å². The van der Waals surface area contributed by atoms with Crippen LogP contribution in [0.5, 0.6) is 0 Å². The molecular weight excluding hydrogens is 244 g/mol. The third-order valence-electron chi connectivity index (χ3n) is 2.18. The average Bonchev–Trinajstić information content (AvgIpc) is 2.21. The van der Waals surface area contributed by atoms with Crippen molar-refractivity contribution in [2.75, 3.05) is 5.73 Å². The third-order valence-corrected chi connectivity index (χ3v) is 2.51. The zero-order valence-electron chi connectivity index (χ0n) is 9.24. The van der Waals surface area contributed by atoms with Crippen LogP contribution in [-0.4, -0.2) is 23.0 Å². The van der Waals surface area contributed by atoms with Crippen LogP contribution in [0.4, 0.5) is 5.69 Å². The molecule has 0 heterocycles. The van der Waals surface area contributed by atoms with E-state index in [2.05, 4.69) is 5.32 Å². The van der Waals surface area contributed by atoms with Gasteiger partial charge in [0.2, 0.25) is 5.91 Å². The number of nitrogen functional groups attached to an aromatic ring is 1. The quantitative estimate of drug-likeness (QED) is 0.702. The van der Waals surface area contributed by atoms with Crippen LogP contribution in [-0.2, 0) is 16.0 Å². The van der Waals surface area contributed by atoms with Gasteiger partial charge in [-0.3, -0.25) is 4.79 Å². The molecule has 17 heavy (non-hydrogen) atoms. The largest absolute Gasteiger partial charge is 0.480 e. The van der Waals surface area contributed by atoms with Gasteiger partial charge < -0.3 is 16.2 Å². The number of nitrogens with two attached hydrogens (primary N) is 1. The Morgan fingerprint density at radius 2 is 2.18 bits per heavy atom. The summed E-state index contributed by atoms with van der Waals surface area (Å²) < 4.78 is 0. The van der Waals surface area contributed by atoms with E-state index >= 15 is 0 Å². The van der Waals surface area contributed by atoms with Crippen LogP contribution < -0.4 is 11.1 Å². The fraction of sp³-hybridized carbons (Fsp3) is 0.273. The lowest BCUT2D eigenvalue weighted by Crippen LogP contribution is -2.41. The Balaban J connectivity index is 2.82. The molecule has 1 rings (SSSR count). The maximum atomic E-state index is 10.9. The number of hydrogen-bond acceptors (Lipinski definition) is 3. The molecule has 0 fully saturated rings. The molecule has 1 unspecified atom stereocenters. The van der Waals surface area contributed by atoms with E-state index in [0.717, 1.165) is 0 Å². The molecule has 1 aromatic rings. The van der Waals surface area contributed by atoms with Crippen LogP contribution in [0.2, 0.25) is 5.02 Å². The van der Waals surface area contributed by atoms with Crippen molar-refractivity contribution in [1.29, 1.82) is 0 Å². The van der Waals surface area contributed by atoms with E-state index in [1.807, 2.05) is 0 Å². The molecule has 1 atom stereocenters. The number of halogens is 1. The van der Waals surface area contributed by atoms with Crippen molar-refractivity contribution in [2.45, 2.75) is 19.4 Å². The first-order chi connectivity index (χ1) is 7.90. The fourth-order valence-corrected chi connectivity index (χ4v) is 1.58. The summed E-state index contributed by atoms with van der Waals surface area (Å²) >= 11 is 5.82. The van der Waals surface area contributed by atoms with Crippen molar-refractivity contribution in [3.63, 3.8) is 0 Å². The highest BCUT2D eigenvalue weighted by molar-refractivity contribution is 6.33. The summed E-state index contributed by atoms with van der Waals surface area (Å²) in [6.45, 7) is 1.27. The summed E-state index contributed by atoms with van der Waals surface area (Å²) in [6.07, 6.45) is 0.162. The van der Waals surface area contributed by atoms with Crippen LogP contribution >= 0.6 is 11.6 Å². The third kappa shape index (κ3) is 3.96. The number of nitrogens with one attached hydrogen (secondary N) is 1. The molecule has 0 radical (unpaired) electrons. The highest BCUT2D eigenvalue weighted by Gasteiger charge is 2.18. The molecule has 0 saturated carbocycles. The Morgan fingerprint density at radius 1 is 1.53 bits per heavy atom. The van der Waals surface area contributed by atoms with E-state index in [9.17, 15) is 9.59 Å². The maximum Gasteiger partial charge on any atom is 0.326 e.